The van der Waals surface area contributed by atoms with E-state index in [-0.39, 0.29) is 5.54 Å². The van der Waals surface area contributed by atoms with Crippen LogP contribution < -0.4 is 4.90 Å². The molecule has 4 heteroatoms. The second kappa shape index (κ2) is 4.61. The van der Waals surface area contributed by atoms with Crippen LogP contribution in [-0.4, -0.2) is 36.4 Å². The zero-order valence-corrected chi connectivity index (χ0v) is 11.1. The molecule has 1 heterocycles. The Morgan fingerprint density at radius 2 is 2.17 bits per heavy atom. The number of carboxylic acid groups (broad SMARTS) is 1. The van der Waals surface area contributed by atoms with E-state index in [1.54, 1.807) is 6.07 Å². The molecule has 2 rings (SSSR count). The van der Waals surface area contributed by atoms with E-state index in [0.29, 0.717) is 18.8 Å². The topological polar surface area (TPSA) is 49.8 Å². The van der Waals surface area contributed by atoms with E-state index in [2.05, 4.69) is 18.7 Å². The van der Waals surface area contributed by atoms with Crippen LogP contribution in [0.5, 0.6) is 0 Å². The number of carboxylic acids is 1. The highest BCUT2D eigenvalue weighted by Crippen LogP contribution is 2.30. The van der Waals surface area contributed by atoms with Gasteiger partial charge in [0.15, 0.2) is 0 Å². The van der Waals surface area contributed by atoms with E-state index in [4.69, 9.17) is 4.74 Å². The first-order chi connectivity index (χ1) is 8.42. The molecule has 0 saturated carbocycles. The molecular weight excluding hydrogens is 230 g/mol. The Bertz CT molecular complexity index is 468. The fourth-order valence-electron chi connectivity index (χ4n) is 2.35. The van der Waals surface area contributed by atoms with E-state index >= 15 is 0 Å². The standard InChI is InChI=1S/C14H19NO3/c1-10-4-5-11(13(16)17)12(8-10)15-6-7-18-9-14(15,2)3/h4-5,8H,6-7,9H2,1-3H3,(H,16,17). The Morgan fingerprint density at radius 3 is 2.78 bits per heavy atom. The molecule has 98 valence electrons. The van der Waals surface area contributed by atoms with Crippen molar-refractivity contribution in [3.05, 3.63) is 29.3 Å². The Morgan fingerprint density at radius 1 is 1.44 bits per heavy atom. The Labute approximate surface area is 107 Å². The Kier molecular flexibility index (Phi) is 3.30. The lowest BCUT2D eigenvalue weighted by Gasteiger charge is -2.44. The number of morpholine rings is 1. The van der Waals surface area contributed by atoms with Crippen LogP contribution in [0.1, 0.15) is 29.8 Å². The van der Waals surface area contributed by atoms with Crippen LogP contribution in [0.25, 0.3) is 0 Å². The number of aryl methyl sites for hydroxylation is 1. The third-order valence-corrected chi connectivity index (χ3v) is 3.32. The van der Waals surface area contributed by atoms with Gasteiger partial charge in [-0.25, -0.2) is 4.79 Å². The molecule has 0 amide bonds. The first kappa shape index (κ1) is 12.9. The summed E-state index contributed by atoms with van der Waals surface area (Å²) in [5, 5.41) is 9.30. The van der Waals surface area contributed by atoms with Crippen molar-refractivity contribution in [2.75, 3.05) is 24.7 Å². The number of carbonyl (C=O) groups is 1. The fraction of sp³-hybridized carbons (Fsp3) is 0.500. The van der Waals surface area contributed by atoms with Crippen LogP contribution in [0, 0.1) is 6.92 Å². The van der Waals surface area contributed by atoms with Gasteiger partial charge in [-0.2, -0.15) is 0 Å². The first-order valence-corrected chi connectivity index (χ1v) is 6.11. The quantitative estimate of drug-likeness (QED) is 0.873. The molecule has 0 aromatic heterocycles. The van der Waals surface area contributed by atoms with E-state index < -0.39 is 5.97 Å². The summed E-state index contributed by atoms with van der Waals surface area (Å²) < 4.78 is 5.48. The summed E-state index contributed by atoms with van der Waals surface area (Å²) in [6.45, 7) is 8.08. The molecule has 0 atom stereocenters. The van der Waals surface area contributed by atoms with Crippen LogP contribution >= 0.6 is 0 Å². The van der Waals surface area contributed by atoms with Gasteiger partial charge in [-0.1, -0.05) is 6.07 Å². The molecule has 18 heavy (non-hydrogen) atoms. The highest BCUT2D eigenvalue weighted by molar-refractivity contribution is 5.94. The van der Waals surface area contributed by atoms with Gasteiger partial charge < -0.3 is 14.7 Å². The average molecular weight is 249 g/mol. The maximum Gasteiger partial charge on any atom is 0.337 e. The van der Waals surface area contributed by atoms with Gasteiger partial charge in [0.05, 0.1) is 30.0 Å². The second-order valence-electron chi connectivity index (χ2n) is 5.34. The van der Waals surface area contributed by atoms with Crippen molar-refractivity contribution >= 4 is 11.7 Å². The number of benzene rings is 1. The molecule has 0 aliphatic carbocycles. The maximum absolute atomic E-state index is 11.3. The van der Waals surface area contributed by atoms with Crippen LogP contribution in [0.15, 0.2) is 18.2 Å². The summed E-state index contributed by atoms with van der Waals surface area (Å²) in [5.74, 6) is -0.882. The molecule has 1 N–H and O–H groups in total. The number of hydrogen-bond donors (Lipinski definition) is 1. The molecule has 1 aromatic rings. The Hall–Kier alpha value is -1.55. The van der Waals surface area contributed by atoms with Crippen molar-refractivity contribution in [2.24, 2.45) is 0 Å². The van der Waals surface area contributed by atoms with Crippen molar-refractivity contribution < 1.29 is 14.6 Å². The smallest absolute Gasteiger partial charge is 0.337 e. The zero-order valence-electron chi connectivity index (χ0n) is 11.1. The minimum absolute atomic E-state index is 0.184. The summed E-state index contributed by atoms with van der Waals surface area (Å²) in [6, 6.07) is 5.45. The van der Waals surface area contributed by atoms with Gasteiger partial charge in [-0.05, 0) is 38.5 Å². The third kappa shape index (κ3) is 2.34. The summed E-state index contributed by atoms with van der Waals surface area (Å²) in [4.78, 5) is 13.5. The summed E-state index contributed by atoms with van der Waals surface area (Å²) in [7, 11) is 0. The number of hydrogen-bond acceptors (Lipinski definition) is 3. The van der Waals surface area contributed by atoms with Crippen LogP contribution in [0.2, 0.25) is 0 Å². The molecule has 1 aliphatic rings. The van der Waals surface area contributed by atoms with Gasteiger partial charge in [-0.3, -0.25) is 0 Å². The normalized spacial score (nSPS) is 18.7. The van der Waals surface area contributed by atoms with E-state index in [1.807, 2.05) is 19.1 Å². The molecule has 0 spiro atoms. The van der Waals surface area contributed by atoms with Crippen molar-refractivity contribution in [3.8, 4) is 0 Å². The lowest BCUT2D eigenvalue weighted by Crippen LogP contribution is -2.53. The lowest BCUT2D eigenvalue weighted by atomic mass is 9.98. The van der Waals surface area contributed by atoms with Crippen molar-refractivity contribution in [1.82, 2.24) is 0 Å². The summed E-state index contributed by atoms with van der Waals surface area (Å²) in [5.41, 5.74) is 2.03. The number of rotatable bonds is 2. The van der Waals surface area contributed by atoms with Gasteiger partial charge in [0.1, 0.15) is 0 Å². The molecule has 1 aromatic carbocycles. The van der Waals surface area contributed by atoms with E-state index in [9.17, 15) is 9.90 Å². The molecule has 1 saturated heterocycles. The highest BCUT2D eigenvalue weighted by Gasteiger charge is 2.32. The highest BCUT2D eigenvalue weighted by atomic mass is 16.5. The van der Waals surface area contributed by atoms with Crippen LogP contribution in [0.3, 0.4) is 0 Å². The fourth-order valence-corrected chi connectivity index (χ4v) is 2.35. The van der Waals surface area contributed by atoms with Gasteiger partial charge in [0.2, 0.25) is 0 Å². The number of aromatic carboxylic acids is 1. The van der Waals surface area contributed by atoms with Crippen molar-refractivity contribution in [2.45, 2.75) is 26.3 Å². The predicted molar refractivity (Wildman–Crippen MR) is 70.4 cm³/mol. The van der Waals surface area contributed by atoms with Crippen LogP contribution in [0.4, 0.5) is 5.69 Å². The van der Waals surface area contributed by atoms with E-state index in [0.717, 1.165) is 17.8 Å². The minimum atomic E-state index is -0.882. The number of anilines is 1. The molecule has 1 aliphatic heterocycles. The molecular formula is C14H19NO3. The summed E-state index contributed by atoms with van der Waals surface area (Å²) in [6.07, 6.45) is 0. The molecule has 4 nitrogen and oxygen atoms in total. The lowest BCUT2D eigenvalue weighted by molar-refractivity contribution is 0.0629. The molecule has 1 fully saturated rings. The molecule has 0 radical (unpaired) electrons. The monoisotopic (exact) mass is 249 g/mol. The Balaban J connectivity index is 2.48. The van der Waals surface area contributed by atoms with Gasteiger partial charge in [0.25, 0.3) is 0 Å². The minimum Gasteiger partial charge on any atom is -0.478 e. The number of ether oxygens (including phenoxy) is 1. The number of nitrogens with zero attached hydrogens (tertiary/aromatic N) is 1. The molecule has 0 bridgehead atoms. The maximum atomic E-state index is 11.3. The van der Waals surface area contributed by atoms with Crippen molar-refractivity contribution in [3.63, 3.8) is 0 Å². The zero-order chi connectivity index (χ0) is 13.3. The third-order valence-electron chi connectivity index (χ3n) is 3.32. The first-order valence-electron chi connectivity index (χ1n) is 6.11. The van der Waals surface area contributed by atoms with Gasteiger partial charge >= 0.3 is 5.97 Å². The van der Waals surface area contributed by atoms with Gasteiger partial charge in [-0.15, -0.1) is 0 Å². The SMILES string of the molecule is Cc1ccc(C(=O)O)c(N2CCOCC2(C)C)c1. The average Bonchev–Trinajstić information content (AvgIpc) is 2.27. The predicted octanol–water partition coefficient (Wildman–Crippen LogP) is 2.31. The molecule has 0 unspecified atom stereocenters. The summed E-state index contributed by atoms with van der Waals surface area (Å²) >= 11 is 0. The van der Waals surface area contributed by atoms with E-state index in [1.165, 1.54) is 0 Å². The largest absolute Gasteiger partial charge is 0.478 e. The van der Waals surface area contributed by atoms with Crippen molar-refractivity contribution in [1.29, 1.82) is 0 Å². The van der Waals surface area contributed by atoms with Gasteiger partial charge in [0, 0.05) is 6.54 Å². The second-order valence-corrected chi connectivity index (χ2v) is 5.34. The van der Waals surface area contributed by atoms with Crippen LogP contribution in [-0.2, 0) is 4.74 Å².